The van der Waals surface area contributed by atoms with Crippen molar-refractivity contribution in [2.24, 2.45) is 5.16 Å². The summed E-state index contributed by atoms with van der Waals surface area (Å²) in [6.07, 6.45) is 0. The Morgan fingerprint density at radius 2 is 2.19 bits per heavy atom. The van der Waals surface area contributed by atoms with Crippen molar-refractivity contribution in [1.82, 2.24) is 0 Å². The van der Waals surface area contributed by atoms with Crippen molar-refractivity contribution in [3.05, 3.63) is 27.7 Å². The number of halogens is 2. The van der Waals surface area contributed by atoms with Crippen LogP contribution in [-0.4, -0.2) is 18.2 Å². The number of nitrogens with zero attached hydrogens (tertiary/aromatic N) is 1. The number of benzene rings is 1. The van der Waals surface area contributed by atoms with Gasteiger partial charge in [-0.05, 0) is 19.1 Å². The first kappa shape index (κ1) is 11.2. The van der Waals surface area contributed by atoms with Crippen LogP contribution in [0.15, 0.2) is 17.3 Å². The van der Waals surface area contributed by atoms with Gasteiger partial charge in [-0.15, -0.1) is 0 Å². The molecule has 1 amide bonds. The maximum atomic E-state index is 11.6. The van der Waals surface area contributed by atoms with E-state index >= 15 is 0 Å². The highest BCUT2D eigenvalue weighted by Gasteiger charge is 2.29. The van der Waals surface area contributed by atoms with Crippen LogP contribution in [0.3, 0.4) is 0 Å². The Labute approximate surface area is 102 Å². The molecule has 0 aliphatic carbocycles. The van der Waals surface area contributed by atoms with Crippen LogP contribution in [0, 0.1) is 0 Å². The van der Waals surface area contributed by atoms with Gasteiger partial charge in [0.05, 0.1) is 10.7 Å². The van der Waals surface area contributed by atoms with E-state index in [2.05, 4.69) is 10.5 Å². The lowest BCUT2D eigenvalue weighted by Crippen LogP contribution is -2.14. The van der Waals surface area contributed by atoms with Gasteiger partial charge in [0, 0.05) is 10.6 Å². The second kappa shape index (κ2) is 4.31. The minimum Gasteiger partial charge on any atom is -0.395 e. The molecule has 0 bridgehead atoms. The van der Waals surface area contributed by atoms with Crippen LogP contribution < -0.4 is 5.32 Å². The Hall–Kier alpha value is -1.26. The Kier molecular flexibility index (Phi) is 3.03. The molecule has 0 atom stereocenters. The highest BCUT2D eigenvalue weighted by molar-refractivity contribution is 6.55. The predicted molar refractivity (Wildman–Crippen MR) is 63.3 cm³/mol. The van der Waals surface area contributed by atoms with Gasteiger partial charge in [-0.1, -0.05) is 28.4 Å². The average Bonchev–Trinajstić information content (AvgIpc) is 2.53. The normalized spacial score (nSPS) is 16.2. The molecule has 6 heteroatoms. The van der Waals surface area contributed by atoms with Gasteiger partial charge in [0.1, 0.15) is 6.61 Å². The van der Waals surface area contributed by atoms with Crippen LogP contribution in [-0.2, 0) is 9.63 Å². The van der Waals surface area contributed by atoms with Gasteiger partial charge in [0.15, 0.2) is 5.71 Å². The van der Waals surface area contributed by atoms with Gasteiger partial charge in [-0.3, -0.25) is 4.79 Å². The molecule has 0 unspecified atom stereocenters. The maximum absolute atomic E-state index is 11.6. The van der Waals surface area contributed by atoms with Crippen molar-refractivity contribution in [1.29, 1.82) is 0 Å². The molecule has 1 heterocycles. The fourth-order valence-electron chi connectivity index (χ4n) is 1.40. The molecule has 0 saturated carbocycles. The zero-order valence-corrected chi connectivity index (χ0v) is 9.89. The van der Waals surface area contributed by atoms with E-state index in [0.717, 1.165) is 0 Å². The van der Waals surface area contributed by atoms with Crippen molar-refractivity contribution >= 4 is 40.5 Å². The number of hydrogen-bond donors (Lipinski definition) is 1. The van der Waals surface area contributed by atoms with E-state index in [9.17, 15) is 4.79 Å². The number of carbonyl (C=O) groups excluding carboxylic acids is 1. The minimum absolute atomic E-state index is 0.196. The van der Waals surface area contributed by atoms with Crippen molar-refractivity contribution in [3.63, 3.8) is 0 Å². The van der Waals surface area contributed by atoms with Crippen LogP contribution in [0.25, 0.3) is 0 Å². The summed E-state index contributed by atoms with van der Waals surface area (Å²) in [7, 11) is 0. The van der Waals surface area contributed by atoms with E-state index in [-0.39, 0.29) is 11.6 Å². The first-order valence-corrected chi connectivity index (χ1v) is 5.39. The number of amides is 1. The van der Waals surface area contributed by atoms with Crippen molar-refractivity contribution < 1.29 is 9.63 Å². The summed E-state index contributed by atoms with van der Waals surface area (Å²) < 4.78 is 0. The lowest BCUT2D eigenvalue weighted by atomic mass is 10.1. The third-order valence-electron chi connectivity index (χ3n) is 2.05. The molecule has 1 aromatic rings. The highest BCUT2D eigenvalue weighted by Crippen LogP contribution is 2.34. The van der Waals surface area contributed by atoms with Gasteiger partial charge >= 0.3 is 0 Å². The summed E-state index contributed by atoms with van der Waals surface area (Å²) in [4.78, 5) is 16.4. The van der Waals surface area contributed by atoms with Crippen LogP contribution in [0.4, 0.5) is 5.69 Å². The summed E-state index contributed by atoms with van der Waals surface area (Å²) in [6, 6.07) is 3.18. The molecule has 84 valence electrons. The fraction of sp³-hybridized carbons (Fsp3) is 0.200. The first-order chi connectivity index (χ1) is 7.63. The predicted octanol–water partition coefficient (Wildman–Crippen LogP) is 2.69. The summed E-state index contributed by atoms with van der Waals surface area (Å²) in [6.45, 7) is 2.17. The molecule has 0 aromatic heterocycles. The quantitative estimate of drug-likeness (QED) is 0.830. The molecule has 1 aliphatic heterocycles. The Morgan fingerprint density at radius 3 is 2.88 bits per heavy atom. The molecule has 0 radical (unpaired) electrons. The van der Waals surface area contributed by atoms with Crippen molar-refractivity contribution in [2.45, 2.75) is 6.92 Å². The van der Waals surface area contributed by atoms with Gasteiger partial charge in [0.25, 0.3) is 5.91 Å². The SMILES string of the molecule is CCO/N=C1/C(=O)Nc2c(Cl)cc(Cl)cc21. The molecule has 16 heavy (non-hydrogen) atoms. The molecular weight excluding hydrogens is 251 g/mol. The Balaban J connectivity index is 2.52. The average molecular weight is 259 g/mol. The number of oxime groups is 1. The zero-order valence-electron chi connectivity index (χ0n) is 8.38. The smallest absolute Gasteiger partial charge is 0.278 e. The summed E-state index contributed by atoms with van der Waals surface area (Å²) >= 11 is 11.8. The molecule has 0 saturated heterocycles. The van der Waals surface area contributed by atoms with E-state index < -0.39 is 0 Å². The number of anilines is 1. The minimum atomic E-state index is -0.340. The largest absolute Gasteiger partial charge is 0.395 e. The third kappa shape index (κ3) is 1.86. The first-order valence-electron chi connectivity index (χ1n) is 4.64. The van der Waals surface area contributed by atoms with Gasteiger partial charge in [-0.2, -0.15) is 0 Å². The Morgan fingerprint density at radius 1 is 1.44 bits per heavy atom. The van der Waals surface area contributed by atoms with Gasteiger partial charge in [0.2, 0.25) is 0 Å². The molecule has 0 spiro atoms. The number of carbonyl (C=O) groups is 1. The molecular formula is C10H8Cl2N2O2. The van der Waals surface area contributed by atoms with Gasteiger partial charge < -0.3 is 10.2 Å². The summed E-state index contributed by atoms with van der Waals surface area (Å²) in [5, 5.41) is 7.18. The second-order valence-electron chi connectivity index (χ2n) is 3.12. The van der Waals surface area contributed by atoms with Crippen molar-refractivity contribution in [2.75, 3.05) is 11.9 Å². The second-order valence-corrected chi connectivity index (χ2v) is 3.97. The monoisotopic (exact) mass is 258 g/mol. The lowest BCUT2D eigenvalue weighted by molar-refractivity contribution is -0.110. The molecule has 1 N–H and O–H groups in total. The molecule has 4 nitrogen and oxygen atoms in total. The van der Waals surface area contributed by atoms with Crippen LogP contribution in [0.2, 0.25) is 10.0 Å². The van der Waals surface area contributed by atoms with E-state index in [1.165, 1.54) is 0 Å². The molecule has 0 fully saturated rings. The number of hydrogen-bond acceptors (Lipinski definition) is 3. The molecule has 1 aromatic carbocycles. The van der Waals surface area contributed by atoms with Gasteiger partial charge in [-0.25, -0.2) is 0 Å². The number of rotatable bonds is 2. The lowest BCUT2D eigenvalue weighted by Gasteiger charge is -2.01. The zero-order chi connectivity index (χ0) is 11.7. The maximum Gasteiger partial charge on any atom is 0.278 e. The standard InChI is InChI=1S/C10H8Cl2N2O2/c1-2-16-14-9-6-3-5(11)4-7(12)8(6)13-10(9)15/h3-4H,2H2,1H3,(H,13,14,15). The summed E-state index contributed by atoms with van der Waals surface area (Å²) in [5.41, 5.74) is 1.28. The highest BCUT2D eigenvalue weighted by atomic mass is 35.5. The topological polar surface area (TPSA) is 50.7 Å². The number of nitrogens with one attached hydrogen (secondary N) is 1. The van der Waals surface area contributed by atoms with Crippen LogP contribution >= 0.6 is 23.2 Å². The van der Waals surface area contributed by atoms with E-state index in [1.54, 1.807) is 19.1 Å². The fourth-order valence-corrected chi connectivity index (χ4v) is 1.94. The Bertz CT molecular complexity index is 486. The van der Waals surface area contributed by atoms with Crippen LogP contribution in [0.1, 0.15) is 12.5 Å². The number of fused-ring (bicyclic) bond motifs is 1. The molecule has 2 rings (SSSR count). The van der Waals surface area contributed by atoms with E-state index in [1.807, 2.05) is 0 Å². The van der Waals surface area contributed by atoms with E-state index in [4.69, 9.17) is 28.0 Å². The van der Waals surface area contributed by atoms with E-state index in [0.29, 0.717) is 27.9 Å². The molecule has 1 aliphatic rings. The van der Waals surface area contributed by atoms with Crippen molar-refractivity contribution in [3.8, 4) is 0 Å². The third-order valence-corrected chi connectivity index (χ3v) is 2.56. The van der Waals surface area contributed by atoms with Crippen LogP contribution in [0.5, 0.6) is 0 Å². The summed E-state index contributed by atoms with van der Waals surface area (Å²) in [5.74, 6) is -0.340.